The lowest BCUT2D eigenvalue weighted by Gasteiger charge is -2.13. The van der Waals surface area contributed by atoms with Gasteiger partial charge in [-0.3, -0.25) is 25.8 Å². The van der Waals surface area contributed by atoms with Gasteiger partial charge in [-0.25, -0.2) is 0 Å². The van der Waals surface area contributed by atoms with Crippen LogP contribution in [0.3, 0.4) is 0 Å². The Kier molecular flexibility index (Phi) is 9.18. The average molecular weight is 540 g/mol. The normalized spacial score (nSPS) is 10.5. The Balaban J connectivity index is 1.49. The van der Waals surface area contributed by atoms with Gasteiger partial charge in [-0.05, 0) is 81.9 Å². The van der Waals surface area contributed by atoms with E-state index in [1.165, 1.54) is 0 Å². The molecule has 0 spiro atoms. The first-order valence-electron chi connectivity index (χ1n) is 10.8. The molecule has 0 aliphatic heterocycles. The second-order valence-corrected chi connectivity index (χ2v) is 9.24. The van der Waals surface area contributed by atoms with Gasteiger partial charge in [0.1, 0.15) is 5.75 Å². The van der Waals surface area contributed by atoms with E-state index in [4.69, 9.17) is 17.0 Å². The summed E-state index contributed by atoms with van der Waals surface area (Å²) >= 11 is 8.56. The summed E-state index contributed by atoms with van der Waals surface area (Å²) in [6.45, 7) is 4.87. The Bertz CT molecular complexity index is 1150. The molecule has 0 aliphatic rings. The Morgan fingerprint density at radius 3 is 2.18 bits per heavy atom. The van der Waals surface area contributed by atoms with E-state index in [0.717, 1.165) is 17.5 Å². The van der Waals surface area contributed by atoms with Crippen molar-refractivity contribution in [2.75, 3.05) is 6.61 Å². The van der Waals surface area contributed by atoms with Gasteiger partial charge in [0.05, 0.1) is 11.1 Å². The number of thiocarbonyl (C=S) groups is 1. The number of carbonyl (C=O) groups is 2. The maximum absolute atomic E-state index is 12.5. The van der Waals surface area contributed by atoms with Crippen LogP contribution in [0.4, 0.5) is 0 Å². The highest BCUT2D eigenvalue weighted by Crippen LogP contribution is 2.26. The van der Waals surface area contributed by atoms with Crippen LogP contribution in [0.1, 0.15) is 41.0 Å². The third-order valence-corrected chi connectivity index (χ3v) is 5.74. The Morgan fingerprint density at radius 1 is 0.882 bits per heavy atom. The van der Waals surface area contributed by atoms with E-state index in [-0.39, 0.29) is 11.0 Å². The fraction of sp³-hybridized carbons (Fsp3) is 0.192. The monoisotopic (exact) mass is 539 g/mol. The van der Waals surface area contributed by atoms with Gasteiger partial charge >= 0.3 is 0 Å². The lowest BCUT2D eigenvalue weighted by Crippen LogP contribution is -2.48. The Hall–Kier alpha value is -3.23. The molecule has 0 heterocycles. The first-order valence-corrected chi connectivity index (χ1v) is 12.0. The van der Waals surface area contributed by atoms with Gasteiger partial charge in [-0.15, -0.1) is 0 Å². The van der Waals surface area contributed by atoms with Gasteiger partial charge in [-0.1, -0.05) is 56.3 Å². The van der Waals surface area contributed by atoms with Crippen molar-refractivity contribution in [3.63, 3.8) is 0 Å². The quantitative estimate of drug-likeness (QED) is 0.273. The fourth-order valence-electron chi connectivity index (χ4n) is 3.00. The second kappa shape index (κ2) is 12.3. The van der Waals surface area contributed by atoms with Crippen molar-refractivity contribution in [2.24, 2.45) is 5.92 Å². The summed E-state index contributed by atoms with van der Waals surface area (Å²) in [6.07, 6.45) is 0.942. The molecule has 3 aromatic rings. The molecule has 8 heteroatoms. The molecule has 0 fully saturated rings. The maximum Gasteiger partial charge on any atom is 0.269 e. The van der Waals surface area contributed by atoms with Gasteiger partial charge in [-0.2, -0.15) is 0 Å². The second-order valence-electron chi connectivity index (χ2n) is 7.98. The number of rotatable bonds is 7. The predicted octanol–water partition coefficient (Wildman–Crippen LogP) is 5.49. The molecule has 176 valence electrons. The summed E-state index contributed by atoms with van der Waals surface area (Å²) in [5.41, 5.74) is 7.98. The Labute approximate surface area is 213 Å². The third kappa shape index (κ3) is 7.40. The number of ether oxygens (including phenoxy) is 1. The van der Waals surface area contributed by atoms with Crippen LogP contribution in [0, 0.1) is 5.92 Å². The predicted molar refractivity (Wildman–Crippen MR) is 142 cm³/mol. The number of amides is 2. The van der Waals surface area contributed by atoms with Gasteiger partial charge in [0.25, 0.3) is 11.8 Å². The first-order chi connectivity index (χ1) is 16.3. The molecule has 0 unspecified atom stereocenters. The highest BCUT2D eigenvalue weighted by Gasteiger charge is 2.12. The van der Waals surface area contributed by atoms with E-state index in [1.54, 1.807) is 30.3 Å². The highest BCUT2D eigenvalue weighted by molar-refractivity contribution is 9.10. The van der Waals surface area contributed by atoms with Crippen molar-refractivity contribution in [1.82, 2.24) is 16.2 Å². The van der Waals surface area contributed by atoms with Gasteiger partial charge in [0, 0.05) is 11.1 Å². The van der Waals surface area contributed by atoms with Crippen LogP contribution in [0.15, 0.2) is 77.3 Å². The van der Waals surface area contributed by atoms with Gasteiger partial charge < -0.3 is 4.74 Å². The van der Waals surface area contributed by atoms with E-state index >= 15 is 0 Å². The van der Waals surface area contributed by atoms with Crippen LogP contribution >= 0.6 is 28.1 Å². The molecule has 3 rings (SSSR count). The van der Waals surface area contributed by atoms with Crippen LogP contribution in [-0.2, 0) is 0 Å². The van der Waals surface area contributed by atoms with Crippen molar-refractivity contribution >= 4 is 45.1 Å². The zero-order valence-corrected chi connectivity index (χ0v) is 21.3. The SMILES string of the molecule is CC(C)CCOc1ccc(C(=O)NC(=S)NNC(=O)c2ccc(-c3ccccc3)cc2)cc1Br. The number of hydrogen-bond donors (Lipinski definition) is 3. The molecule has 0 saturated heterocycles. The number of nitrogens with one attached hydrogen (secondary N) is 3. The molecular formula is C26H26BrN3O3S. The molecule has 3 aromatic carbocycles. The standard InChI is InChI=1S/C26H26BrN3O3S/c1-17(2)14-15-33-23-13-12-21(16-22(23)27)24(31)28-26(34)30-29-25(32)20-10-8-19(9-11-20)18-6-4-3-5-7-18/h3-13,16-17H,14-15H2,1-2H3,(H,29,32)(H2,28,30,31,34). The molecule has 34 heavy (non-hydrogen) atoms. The average Bonchev–Trinajstić information content (AvgIpc) is 2.84. The largest absolute Gasteiger partial charge is 0.492 e. The molecule has 0 aliphatic carbocycles. The first kappa shape index (κ1) is 25.4. The fourth-order valence-corrected chi connectivity index (χ4v) is 3.64. The van der Waals surface area contributed by atoms with Crippen LogP contribution in [0.5, 0.6) is 5.75 Å². The van der Waals surface area contributed by atoms with E-state index in [2.05, 4.69) is 45.9 Å². The third-order valence-electron chi connectivity index (χ3n) is 4.92. The molecule has 0 bridgehead atoms. The van der Waals surface area contributed by atoms with E-state index in [0.29, 0.717) is 33.9 Å². The summed E-state index contributed by atoms with van der Waals surface area (Å²) < 4.78 is 6.41. The molecular weight excluding hydrogens is 514 g/mol. The topological polar surface area (TPSA) is 79.5 Å². The number of carbonyl (C=O) groups excluding carboxylic acids is 2. The smallest absolute Gasteiger partial charge is 0.269 e. The van der Waals surface area contributed by atoms with Gasteiger partial charge in [0.2, 0.25) is 0 Å². The number of hydrogen-bond acceptors (Lipinski definition) is 4. The van der Waals surface area contributed by atoms with Crippen LogP contribution in [-0.4, -0.2) is 23.5 Å². The highest BCUT2D eigenvalue weighted by atomic mass is 79.9. The van der Waals surface area contributed by atoms with Crippen molar-refractivity contribution < 1.29 is 14.3 Å². The number of halogens is 1. The van der Waals surface area contributed by atoms with Crippen molar-refractivity contribution in [3.8, 4) is 16.9 Å². The minimum atomic E-state index is -0.409. The zero-order valence-electron chi connectivity index (χ0n) is 18.9. The number of hydrazine groups is 1. The minimum Gasteiger partial charge on any atom is -0.492 e. The lowest BCUT2D eigenvalue weighted by molar-refractivity contribution is 0.0934. The van der Waals surface area contributed by atoms with E-state index in [1.807, 2.05) is 42.5 Å². The van der Waals surface area contributed by atoms with Gasteiger partial charge in [0.15, 0.2) is 5.11 Å². The summed E-state index contributed by atoms with van der Waals surface area (Å²) in [5.74, 6) is 0.435. The molecule has 0 atom stereocenters. The van der Waals surface area contributed by atoms with E-state index in [9.17, 15) is 9.59 Å². The molecule has 0 saturated carbocycles. The zero-order chi connectivity index (χ0) is 24.5. The van der Waals surface area contributed by atoms with E-state index < -0.39 is 5.91 Å². The lowest BCUT2D eigenvalue weighted by atomic mass is 10.0. The molecule has 0 radical (unpaired) electrons. The maximum atomic E-state index is 12.5. The van der Waals surface area contributed by atoms with Crippen molar-refractivity contribution in [1.29, 1.82) is 0 Å². The van der Waals surface area contributed by atoms with Crippen molar-refractivity contribution in [2.45, 2.75) is 20.3 Å². The summed E-state index contributed by atoms with van der Waals surface area (Å²) in [6, 6.07) is 22.1. The van der Waals surface area contributed by atoms with Crippen LogP contribution in [0.2, 0.25) is 0 Å². The molecule has 2 amide bonds. The number of benzene rings is 3. The van der Waals surface area contributed by atoms with Crippen LogP contribution in [0.25, 0.3) is 11.1 Å². The van der Waals surface area contributed by atoms with Crippen LogP contribution < -0.4 is 20.9 Å². The molecule has 0 aromatic heterocycles. The summed E-state index contributed by atoms with van der Waals surface area (Å²) in [7, 11) is 0. The molecule has 3 N–H and O–H groups in total. The minimum absolute atomic E-state index is 0.0207. The summed E-state index contributed by atoms with van der Waals surface area (Å²) in [4.78, 5) is 24.9. The van der Waals surface area contributed by atoms with Crippen molar-refractivity contribution in [3.05, 3.63) is 88.4 Å². The molecule has 6 nitrogen and oxygen atoms in total. The Morgan fingerprint density at radius 2 is 1.53 bits per heavy atom. The summed E-state index contributed by atoms with van der Waals surface area (Å²) in [5, 5.41) is 2.52.